The number of carbonyl (C=O) groups excluding carboxylic acids is 2. The second-order valence-electron chi connectivity index (χ2n) is 4.00. The van der Waals surface area contributed by atoms with Crippen molar-refractivity contribution in [2.75, 3.05) is 13.2 Å². The van der Waals surface area contributed by atoms with Gasteiger partial charge in [0.05, 0.1) is 0 Å². The zero-order chi connectivity index (χ0) is 11.5. The Morgan fingerprint density at radius 1 is 1.40 bits per heavy atom. The highest BCUT2D eigenvalue weighted by molar-refractivity contribution is 6.06. The van der Waals surface area contributed by atoms with Gasteiger partial charge in [0.1, 0.15) is 5.54 Å². The highest BCUT2D eigenvalue weighted by atomic mass is 16.3. The molecule has 0 saturated carbocycles. The summed E-state index contributed by atoms with van der Waals surface area (Å²) in [4.78, 5) is 24.6. The molecule has 1 atom stereocenters. The van der Waals surface area contributed by atoms with Crippen LogP contribution in [0.4, 0.5) is 4.79 Å². The highest BCUT2D eigenvalue weighted by Gasteiger charge is 2.45. The van der Waals surface area contributed by atoms with Crippen LogP contribution < -0.4 is 5.32 Å². The fourth-order valence-corrected chi connectivity index (χ4v) is 1.57. The number of carbonyl (C=O) groups is 2. The Kier molecular flexibility index (Phi) is 3.68. The number of hydrogen-bond acceptors (Lipinski definition) is 3. The quantitative estimate of drug-likeness (QED) is 0.516. The zero-order valence-electron chi connectivity index (χ0n) is 9.25. The summed E-state index contributed by atoms with van der Waals surface area (Å²) in [6.45, 7) is 4.09. The standard InChI is InChI=1S/C10H18N2O3/c1-3-10(2)8(14)12(9(15)11-10)6-4-5-7-13/h13H,3-7H2,1-2H3,(H,11,15). The third kappa shape index (κ3) is 2.28. The van der Waals surface area contributed by atoms with Crippen LogP contribution in [0.25, 0.3) is 0 Å². The number of nitrogens with zero attached hydrogens (tertiary/aromatic N) is 1. The molecule has 1 heterocycles. The summed E-state index contributed by atoms with van der Waals surface area (Å²) in [6, 6.07) is -0.317. The predicted molar refractivity (Wildman–Crippen MR) is 55.3 cm³/mol. The lowest BCUT2D eigenvalue weighted by atomic mass is 9.99. The summed E-state index contributed by atoms with van der Waals surface area (Å²) in [5, 5.41) is 11.3. The molecule has 1 unspecified atom stereocenters. The van der Waals surface area contributed by atoms with Crippen molar-refractivity contribution in [2.24, 2.45) is 0 Å². The average Bonchev–Trinajstić information content (AvgIpc) is 2.42. The first-order chi connectivity index (χ1) is 7.05. The second kappa shape index (κ2) is 4.61. The second-order valence-corrected chi connectivity index (χ2v) is 4.00. The molecule has 1 rings (SSSR count). The monoisotopic (exact) mass is 214 g/mol. The van der Waals surface area contributed by atoms with Crippen molar-refractivity contribution in [3.63, 3.8) is 0 Å². The van der Waals surface area contributed by atoms with Gasteiger partial charge >= 0.3 is 6.03 Å². The molecule has 1 aliphatic heterocycles. The summed E-state index contributed by atoms with van der Waals surface area (Å²) in [5.74, 6) is -0.159. The van der Waals surface area contributed by atoms with Gasteiger partial charge in [-0.25, -0.2) is 4.79 Å². The Labute approximate surface area is 89.4 Å². The third-order valence-corrected chi connectivity index (χ3v) is 2.84. The summed E-state index contributed by atoms with van der Waals surface area (Å²) >= 11 is 0. The molecular weight excluding hydrogens is 196 g/mol. The number of imide groups is 1. The van der Waals surface area contributed by atoms with E-state index in [0.717, 1.165) is 0 Å². The lowest BCUT2D eigenvalue weighted by Crippen LogP contribution is -2.43. The first-order valence-electron chi connectivity index (χ1n) is 5.30. The SMILES string of the molecule is CCC1(C)NC(=O)N(CCCCO)C1=O. The van der Waals surface area contributed by atoms with Gasteiger partial charge in [0.15, 0.2) is 0 Å². The van der Waals surface area contributed by atoms with E-state index in [-0.39, 0.29) is 18.5 Å². The predicted octanol–water partition coefficient (Wildman–Crippen LogP) is 0.479. The van der Waals surface area contributed by atoms with E-state index in [0.29, 0.717) is 25.8 Å². The van der Waals surface area contributed by atoms with E-state index in [4.69, 9.17) is 5.11 Å². The fourth-order valence-electron chi connectivity index (χ4n) is 1.57. The molecule has 0 aliphatic carbocycles. The Hall–Kier alpha value is -1.10. The van der Waals surface area contributed by atoms with Crippen LogP contribution in [0, 0.1) is 0 Å². The van der Waals surface area contributed by atoms with Gasteiger partial charge in [0, 0.05) is 13.2 Å². The van der Waals surface area contributed by atoms with E-state index in [1.165, 1.54) is 4.90 Å². The van der Waals surface area contributed by atoms with Crippen LogP contribution in [-0.2, 0) is 4.79 Å². The summed E-state index contributed by atoms with van der Waals surface area (Å²) in [7, 11) is 0. The van der Waals surface area contributed by atoms with Gasteiger partial charge < -0.3 is 10.4 Å². The minimum Gasteiger partial charge on any atom is -0.396 e. The minimum atomic E-state index is -0.740. The van der Waals surface area contributed by atoms with Gasteiger partial charge in [0.2, 0.25) is 0 Å². The van der Waals surface area contributed by atoms with Gasteiger partial charge in [-0.2, -0.15) is 0 Å². The molecule has 1 saturated heterocycles. The van der Waals surface area contributed by atoms with Crippen molar-refractivity contribution in [1.29, 1.82) is 0 Å². The molecule has 0 aromatic rings. The van der Waals surface area contributed by atoms with Gasteiger partial charge in [-0.3, -0.25) is 9.69 Å². The molecule has 0 radical (unpaired) electrons. The highest BCUT2D eigenvalue weighted by Crippen LogP contribution is 2.20. The van der Waals surface area contributed by atoms with E-state index in [1.807, 2.05) is 6.92 Å². The molecule has 0 bridgehead atoms. The van der Waals surface area contributed by atoms with Crippen molar-refractivity contribution in [1.82, 2.24) is 10.2 Å². The Bertz CT molecular complexity index is 267. The third-order valence-electron chi connectivity index (χ3n) is 2.84. The van der Waals surface area contributed by atoms with E-state index >= 15 is 0 Å². The molecule has 15 heavy (non-hydrogen) atoms. The summed E-state index contributed by atoms with van der Waals surface area (Å²) in [6.07, 6.45) is 1.85. The van der Waals surface area contributed by atoms with Crippen LogP contribution >= 0.6 is 0 Å². The normalized spacial score (nSPS) is 25.9. The molecule has 0 aromatic heterocycles. The van der Waals surface area contributed by atoms with Crippen LogP contribution in [0.3, 0.4) is 0 Å². The number of aliphatic hydroxyl groups is 1. The summed E-state index contributed by atoms with van der Waals surface area (Å²) in [5.41, 5.74) is -0.740. The lowest BCUT2D eigenvalue weighted by molar-refractivity contribution is -0.130. The van der Waals surface area contributed by atoms with Crippen molar-refractivity contribution in [3.05, 3.63) is 0 Å². The molecule has 86 valence electrons. The Balaban J connectivity index is 2.59. The Morgan fingerprint density at radius 2 is 2.07 bits per heavy atom. The molecule has 0 spiro atoms. The maximum atomic E-state index is 11.8. The molecule has 1 aliphatic rings. The maximum absolute atomic E-state index is 11.8. The molecule has 0 aromatic carbocycles. The van der Waals surface area contributed by atoms with E-state index in [1.54, 1.807) is 6.92 Å². The molecule has 2 N–H and O–H groups in total. The molecule has 3 amide bonds. The number of rotatable bonds is 5. The van der Waals surface area contributed by atoms with Crippen molar-refractivity contribution < 1.29 is 14.7 Å². The van der Waals surface area contributed by atoms with Crippen LogP contribution in [0.15, 0.2) is 0 Å². The van der Waals surface area contributed by atoms with Crippen molar-refractivity contribution >= 4 is 11.9 Å². The van der Waals surface area contributed by atoms with Crippen molar-refractivity contribution in [2.45, 2.75) is 38.6 Å². The van der Waals surface area contributed by atoms with Crippen molar-refractivity contribution in [3.8, 4) is 0 Å². The Morgan fingerprint density at radius 3 is 2.53 bits per heavy atom. The van der Waals surface area contributed by atoms with Crippen LogP contribution in [0.2, 0.25) is 0 Å². The molecule has 5 nitrogen and oxygen atoms in total. The van der Waals surface area contributed by atoms with Gasteiger partial charge in [0.25, 0.3) is 5.91 Å². The van der Waals surface area contributed by atoms with Gasteiger partial charge in [-0.15, -0.1) is 0 Å². The van der Waals surface area contributed by atoms with E-state index in [2.05, 4.69) is 5.32 Å². The number of unbranched alkanes of at least 4 members (excludes halogenated alkanes) is 1. The van der Waals surface area contributed by atoms with Crippen LogP contribution in [-0.4, -0.2) is 40.6 Å². The number of amides is 3. The first kappa shape index (κ1) is 12.0. The lowest BCUT2D eigenvalue weighted by Gasteiger charge is -2.19. The van der Waals surface area contributed by atoms with Crippen LogP contribution in [0.1, 0.15) is 33.1 Å². The number of hydrogen-bond donors (Lipinski definition) is 2. The number of urea groups is 1. The molecule has 1 fully saturated rings. The largest absolute Gasteiger partial charge is 0.396 e. The van der Waals surface area contributed by atoms with Gasteiger partial charge in [-0.05, 0) is 26.2 Å². The topological polar surface area (TPSA) is 69.6 Å². The zero-order valence-corrected chi connectivity index (χ0v) is 9.25. The maximum Gasteiger partial charge on any atom is 0.325 e. The van der Waals surface area contributed by atoms with Crippen LogP contribution in [0.5, 0.6) is 0 Å². The fraction of sp³-hybridized carbons (Fsp3) is 0.800. The average molecular weight is 214 g/mol. The minimum absolute atomic E-state index is 0.0920. The molecular formula is C10H18N2O3. The van der Waals surface area contributed by atoms with E-state index in [9.17, 15) is 9.59 Å². The number of aliphatic hydroxyl groups excluding tert-OH is 1. The first-order valence-corrected chi connectivity index (χ1v) is 5.30. The van der Waals surface area contributed by atoms with Gasteiger partial charge in [-0.1, -0.05) is 6.92 Å². The molecule has 5 heteroatoms. The smallest absolute Gasteiger partial charge is 0.325 e. The van der Waals surface area contributed by atoms with E-state index < -0.39 is 5.54 Å². The summed E-state index contributed by atoms with van der Waals surface area (Å²) < 4.78 is 0. The number of nitrogens with one attached hydrogen (secondary N) is 1.